The molecule has 0 saturated carbocycles. The quantitative estimate of drug-likeness (QED) is 0.767. The SMILES string of the molecule is COC(=O)c1ccc(Cl)c(S(=O)(=O)Nc2ccc(N3CCCC3=O)cc2)c1. The van der Waals surface area contributed by atoms with Crippen LogP contribution in [0.2, 0.25) is 5.02 Å². The van der Waals surface area contributed by atoms with Gasteiger partial charge in [-0.15, -0.1) is 0 Å². The molecular weight excluding hydrogens is 392 g/mol. The lowest BCUT2D eigenvalue weighted by molar-refractivity contribution is -0.117. The van der Waals surface area contributed by atoms with Crippen LogP contribution in [0.3, 0.4) is 0 Å². The highest BCUT2D eigenvalue weighted by atomic mass is 35.5. The molecule has 9 heteroatoms. The summed E-state index contributed by atoms with van der Waals surface area (Å²) in [5.41, 5.74) is 1.10. The van der Waals surface area contributed by atoms with E-state index in [1.807, 2.05) is 0 Å². The normalized spacial score (nSPS) is 14.3. The van der Waals surface area contributed by atoms with E-state index in [-0.39, 0.29) is 21.4 Å². The number of nitrogens with zero attached hydrogens (tertiary/aromatic N) is 1. The van der Waals surface area contributed by atoms with Crippen molar-refractivity contribution in [3.05, 3.63) is 53.1 Å². The van der Waals surface area contributed by atoms with Crippen LogP contribution >= 0.6 is 11.6 Å². The molecule has 0 unspecified atom stereocenters. The lowest BCUT2D eigenvalue weighted by Gasteiger charge is -2.16. The summed E-state index contributed by atoms with van der Waals surface area (Å²) in [5, 5.41) is -0.0190. The van der Waals surface area contributed by atoms with E-state index in [9.17, 15) is 18.0 Å². The first kappa shape index (κ1) is 19.2. The van der Waals surface area contributed by atoms with Crippen LogP contribution in [0.25, 0.3) is 0 Å². The van der Waals surface area contributed by atoms with Crippen molar-refractivity contribution in [2.24, 2.45) is 0 Å². The number of carbonyl (C=O) groups excluding carboxylic acids is 2. The monoisotopic (exact) mass is 408 g/mol. The number of sulfonamides is 1. The third-order valence-corrected chi connectivity index (χ3v) is 6.01. The second-order valence-corrected chi connectivity index (χ2v) is 8.00. The van der Waals surface area contributed by atoms with E-state index in [0.29, 0.717) is 24.3 Å². The Labute approximate surface area is 161 Å². The van der Waals surface area contributed by atoms with Crippen molar-refractivity contribution in [2.75, 3.05) is 23.3 Å². The number of hydrogen-bond acceptors (Lipinski definition) is 5. The third-order valence-electron chi connectivity index (χ3n) is 4.15. The lowest BCUT2D eigenvalue weighted by Crippen LogP contribution is -2.23. The fraction of sp³-hybridized carbons (Fsp3) is 0.222. The van der Waals surface area contributed by atoms with Crippen molar-refractivity contribution in [2.45, 2.75) is 17.7 Å². The molecule has 0 radical (unpaired) electrons. The molecule has 1 N–H and O–H groups in total. The van der Waals surface area contributed by atoms with E-state index in [0.717, 1.165) is 12.5 Å². The zero-order valence-corrected chi connectivity index (χ0v) is 16.0. The van der Waals surface area contributed by atoms with Gasteiger partial charge in [0.1, 0.15) is 4.90 Å². The number of benzene rings is 2. The van der Waals surface area contributed by atoms with E-state index >= 15 is 0 Å². The number of anilines is 2. The maximum atomic E-state index is 12.7. The van der Waals surface area contributed by atoms with Crippen LogP contribution in [0.1, 0.15) is 23.2 Å². The van der Waals surface area contributed by atoms with Gasteiger partial charge in [-0.3, -0.25) is 9.52 Å². The first-order chi connectivity index (χ1) is 12.8. The van der Waals surface area contributed by atoms with Gasteiger partial charge in [0.15, 0.2) is 0 Å². The van der Waals surface area contributed by atoms with Crippen molar-refractivity contribution < 1.29 is 22.7 Å². The van der Waals surface area contributed by atoms with E-state index in [1.165, 1.54) is 19.2 Å². The van der Waals surface area contributed by atoms with Crippen LogP contribution < -0.4 is 9.62 Å². The van der Waals surface area contributed by atoms with Crippen molar-refractivity contribution >= 4 is 44.9 Å². The van der Waals surface area contributed by atoms with Crippen LogP contribution in [-0.2, 0) is 19.6 Å². The molecule has 1 saturated heterocycles. The topological polar surface area (TPSA) is 92.8 Å². The number of carbonyl (C=O) groups is 2. The summed E-state index contributed by atoms with van der Waals surface area (Å²) in [5.74, 6) is -0.613. The first-order valence-electron chi connectivity index (χ1n) is 8.13. The molecule has 3 rings (SSSR count). The predicted octanol–water partition coefficient (Wildman–Crippen LogP) is 3.05. The second-order valence-electron chi connectivity index (χ2n) is 5.94. The predicted molar refractivity (Wildman–Crippen MR) is 102 cm³/mol. The minimum Gasteiger partial charge on any atom is -0.465 e. The summed E-state index contributed by atoms with van der Waals surface area (Å²) in [4.78, 5) is 24.9. The number of amides is 1. The number of ether oxygens (including phenoxy) is 1. The first-order valence-corrected chi connectivity index (χ1v) is 9.99. The zero-order chi connectivity index (χ0) is 19.6. The summed E-state index contributed by atoms with van der Waals surface area (Å²) < 4.78 is 32.4. The third kappa shape index (κ3) is 4.06. The van der Waals surface area contributed by atoms with Crippen LogP contribution in [0.4, 0.5) is 11.4 Å². The number of hydrogen-bond donors (Lipinski definition) is 1. The molecule has 0 bridgehead atoms. The molecule has 7 nitrogen and oxygen atoms in total. The largest absolute Gasteiger partial charge is 0.465 e. The van der Waals surface area contributed by atoms with Crippen molar-refractivity contribution in [1.29, 1.82) is 0 Å². The number of halogens is 1. The summed E-state index contributed by atoms with van der Waals surface area (Å²) in [6.07, 6.45) is 1.33. The van der Waals surface area contributed by atoms with Gasteiger partial charge in [-0.2, -0.15) is 0 Å². The smallest absolute Gasteiger partial charge is 0.337 e. The maximum Gasteiger partial charge on any atom is 0.337 e. The molecule has 1 fully saturated rings. The van der Waals surface area contributed by atoms with Crippen molar-refractivity contribution in [3.8, 4) is 0 Å². The lowest BCUT2D eigenvalue weighted by atomic mass is 10.2. The van der Waals surface area contributed by atoms with Crippen molar-refractivity contribution in [1.82, 2.24) is 0 Å². The van der Waals surface area contributed by atoms with Crippen molar-refractivity contribution in [3.63, 3.8) is 0 Å². The molecule has 0 spiro atoms. The molecule has 27 heavy (non-hydrogen) atoms. The molecule has 1 amide bonds. The Hall–Kier alpha value is -2.58. The van der Waals surface area contributed by atoms with Gasteiger partial charge < -0.3 is 9.64 Å². The highest BCUT2D eigenvalue weighted by Gasteiger charge is 2.23. The highest BCUT2D eigenvalue weighted by molar-refractivity contribution is 7.92. The fourth-order valence-electron chi connectivity index (χ4n) is 2.79. The Morgan fingerprint density at radius 2 is 1.89 bits per heavy atom. The van der Waals surface area contributed by atoms with E-state index < -0.39 is 16.0 Å². The Balaban J connectivity index is 1.84. The average molecular weight is 409 g/mol. The van der Waals surface area contributed by atoms with Gasteiger partial charge in [0.25, 0.3) is 10.0 Å². The minimum atomic E-state index is -4.02. The number of methoxy groups -OCH3 is 1. The number of esters is 1. The minimum absolute atomic E-state index is 0.0190. The molecule has 142 valence electrons. The zero-order valence-electron chi connectivity index (χ0n) is 14.4. The molecule has 2 aromatic carbocycles. The average Bonchev–Trinajstić information content (AvgIpc) is 3.07. The molecule has 1 aliphatic heterocycles. The van der Waals surface area contributed by atoms with Crippen LogP contribution in [0.15, 0.2) is 47.4 Å². The summed E-state index contributed by atoms with van der Waals surface area (Å²) in [6.45, 7) is 0.653. The standard InChI is InChI=1S/C18H17ClN2O5S/c1-26-18(23)12-4-9-15(19)16(11-12)27(24,25)20-13-5-7-14(8-6-13)21-10-2-3-17(21)22/h4-9,11,20H,2-3,10H2,1H3. The van der Waals surface area contributed by atoms with Crippen LogP contribution in [0.5, 0.6) is 0 Å². The molecule has 2 aromatic rings. The summed E-state index contributed by atoms with van der Waals surface area (Å²) in [6, 6.07) is 10.3. The maximum absolute atomic E-state index is 12.7. The van der Waals surface area contributed by atoms with Gasteiger partial charge in [0.2, 0.25) is 5.91 Å². The van der Waals surface area contributed by atoms with Gasteiger partial charge in [-0.1, -0.05) is 11.6 Å². The van der Waals surface area contributed by atoms with Crippen LogP contribution in [0, 0.1) is 0 Å². The van der Waals surface area contributed by atoms with E-state index in [2.05, 4.69) is 9.46 Å². The van der Waals surface area contributed by atoms with E-state index in [1.54, 1.807) is 29.2 Å². The molecular formula is C18H17ClN2O5S. The summed E-state index contributed by atoms with van der Waals surface area (Å²) >= 11 is 6.01. The summed E-state index contributed by atoms with van der Waals surface area (Å²) in [7, 11) is -2.82. The Morgan fingerprint density at radius 1 is 1.19 bits per heavy atom. The van der Waals surface area contributed by atoms with Gasteiger partial charge in [0.05, 0.1) is 17.7 Å². The van der Waals surface area contributed by atoms with Gasteiger partial charge in [-0.05, 0) is 48.9 Å². The highest BCUT2D eigenvalue weighted by Crippen LogP contribution is 2.27. The number of rotatable bonds is 5. The Kier molecular flexibility index (Phi) is 5.38. The Morgan fingerprint density at radius 3 is 2.48 bits per heavy atom. The van der Waals surface area contributed by atoms with Gasteiger partial charge in [-0.25, -0.2) is 13.2 Å². The van der Waals surface area contributed by atoms with Crippen LogP contribution in [-0.4, -0.2) is 33.9 Å². The molecule has 0 aliphatic carbocycles. The second kappa shape index (κ2) is 7.58. The molecule has 0 aromatic heterocycles. The number of nitrogens with one attached hydrogen (secondary N) is 1. The molecule has 1 aliphatic rings. The molecule has 0 atom stereocenters. The fourth-order valence-corrected chi connectivity index (χ4v) is 4.38. The van der Waals surface area contributed by atoms with E-state index in [4.69, 9.17) is 11.6 Å². The van der Waals surface area contributed by atoms with Gasteiger partial charge >= 0.3 is 5.97 Å². The molecule has 1 heterocycles. The Bertz CT molecular complexity index is 989. The van der Waals surface area contributed by atoms with Gasteiger partial charge in [0, 0.05) is 24.3 Å².